The first-order chi connectivity index (χ1) is 30.0. The maximum Gasteiger partial charge on any atom is 0.306 e. The molecule has 0 radical (unpaired) electrons. The van der Waals surface area contributed by atoms with Crippen LogP contribution in [-0.4, -0.2) is 46.9 Å². The first-order valence-corrected chi connectivity index (χ1v) is 26.1. The molecule has 3 N–H and O–H groups in total. The third-order valence-corrected chi connectivity index (χ3v) is 11.7. The summed E-state index contributed by atoms with van der Waals surface area (Å²) in [5.41, 5.74) is 0. The van der Waals surface area contributed by atoms with Gasteiger partial charge in [0.1, 0.15) is 6.10 Å². The lowest BCUT2D eigenvalue weighted by Crippen LogP contribution is -2.46. The van der Waals surface area contributed by atoms with E-state index >= 15 is 0 Å². The summed E-state index contributed by atoms with van der Waals surface area (Å²) >= 11 is 0. The van der Waals surface area contributed by atoms with Crippen molar-refractivity contribution in [2.45, 2.75) is 270 Å². The van der Waals surface area contributed by atoms with Gasteiger partial charge < -0.3 is 20.3 Å². The highest BCUT2D eigenvalue weighted by Gasteiger charge is 2.24. The summed E-state index contributed by atoms with van der Waals surface area (Å²) in [6, 6.07) is -0.713. The lowest BCUT2D eigenvalue weighted by Gasteiger charge is -2.24. The summed E-state index contributed by atoms with van der Waals surface area (Å²) in [6.07, 6.45) is 59.9. The van der Waals surface area contributed by atoms with Gasteiger partial charge in [-0.3, -0.25) is 9.59 Å². The van der Waals surface area contributed by atoms with Gasteiger partial charge in [-0.15, -0.1) is 0 Å². The molecule has 0 rings (SSSR count). The van der Waals surface area contributed by atoms with Gasteiger partial charge in [0.15, 0.2) is 0 Å². The molecule has 0 aliphatic rings. The Morgan fingerprint density at radius 2 is 0.885 bits per heavy atom. The number of ether oxygens (including phenoxy) is 1. The molecule has 0 heterocycles. The molecule has 0 saturated carbocycles. The maximum absolute atomic E-state index is 13.2. The number of hydrogen-bond donors (Lipinski definition) is 3. The van der Waals surface area contributed by atoms with Crippen molar-refractivity contribution in [1.82, 2.24) is 5.32 Å². The monoisotopic (exact) mass is 854 g/mol. The minimum absolute atomic E-state index is 0.0538. The van der Waals surface area contributed by atoms with Crippen LogP contribution in [0.15, 0.2) is 60.8 Å². The van der Waals surface area contributed by atoms with Crippen LogP contribution in [0, 0.1) is 0 Å². The van der Waals surface area contributed by atoms with E-state index < -0.39 is 18.2 Å². The second-order valence-electron chi connectivity index (χ2n) is 17.6. The van der Waals surface area contributed by atoms with Gasteiger partial charge in [-0.2, -0.15) is 0 Å². The predicted molar refractivity (Wildman–Crippen MR) is 264 cm³/mol. The molecular formula is C55H99NO5. The number of rotatable bonds is 46. The molecule has 3 unspecified atom stereocenters. The second kappa shape index (κ2) is 48.6. The van der Waals surface area contributed by atoms with Crippen molar-refractivity contribution in [3.8, 4) is 0 Å². The zero-order valence-corrected chi connectivity index (χ0v) is 40.3. The van der Waals surface area contributed by atoms with E-state index in [0.29, 0.717) is 19.3 Å². The van der Waals surface area contributed by atoms with Crippen molar-refractivity contribution in [2.24, 2.45) is 0 Å². The largest absolute Gasteiger partial charge is 0.462 e. The molecule has 0 fully saturated rings. The highest BCUT2D eigenvalue weighted by Crippen LogP contribution is 2.17. The Labute approximate surface area is 378 Å². The molecule has 3 atom stereocenters. The Morgan fingerprint density at radius 3 is 1.36 bits per heavy atom. The lowest BCUT2D eigenvalue weighted by molar-refractivity contribution is -0.151. The summed E-state index contributed by atoms with van der Waals surface area (Å²) in [4.78, 5) is 26.1. The van der Waals surface area contributed by atoms with Crippen LogP contribution in [0.5, 0.6) is 0 Å². The van der Waals surface area contributed by atoms with Crippen LogP contribution in [-0.2, 0) is 14.3 Å². The van der Waals surface area contributed by atoms with Gasteiger partial charge in [0, 0.05) is 6.42 Å². The SMILES string of the molecule is CC/C=C/C=C/C=C/CCCCCCCCCC(=O)OC(CCCCC/C=C/C=C/CCCCCCCCC)CC(=O)NC(CO)C(O)CCCCCCCCCCCCC. The molecule has 354 valence electrons. The normalized spacial score (nSPS) is 13.7. The number of esters is 1. The highest BCUT2D eigenvalue weighted by atomic mass is 16.5. The first-order valence-electron chi connectivity index (χ1n) is 26.1. The summed E-state index contributed by atoms with van der Waals surface area (Å²) in [5.74, 6) is -0.512. The standard InChI is InChI=1S/C55H99NO5/c1-4-7-10-13-16-19-22-24-26-28-29-32-34-37-40-43-46-51(61-55(60)48-45-42-39-36-33-30-27-25-23-20-17-14-11-8-5-2)49-54(59)56-52(50-57)53(58)47-44-41-38-35-31-21-18-15-12-9-6-3/h8,11,14,17,20,23,26,28-29,32,51-53,57-58H,4-7,9-10,12-13,15-16,18-19,21-22,24-25,27,30-31,33-50H2,1-3H3,(H,56,59)/b11-8+,17-14+,23-20+,28-26+,32-29+. The van der Waals surface area contributed by atoms with Gasteiger partial charge >= 0.3 is 5.97 Å². The third-order valence-electron chi connectivity index (χ3n) is 11.7. The van der Waals surface area contributed by atoms with Crippen molar-refractivity contribution in [1.29, 1.82) is 0 Å². The average Bonchev–Trinajstić information content (AvgIpc) is 3.25. The Kier molecular flexibility index (Phi) is 46.6. The molecule has 0 spiro atoms. The van der Waals surface area contributed by atoms with Crippen LogP contribution in [0.3, 0.4) is 0 Å². The molecule has 0 aliphatic heterocycles. The molecule has 61 heavy (non-hydrogen) atoms. The fourth-order valence-corrected chi connectivity index (χ4v) is 7.72. The molecule has 6 heteroatoms. The number of allylic oxidation sites excluding steroid dienone is 10. The van der Waals surface area contributed by atoms with E-state index in [-0.39, 0.29) is 24.9 Å². The number of aliphatic hydroxyl groups is 2. The van der Waals surface area contributed by atoms with Gasteiger partial charge in [0.05, 0.1) is 25.2 Å². The van der Waals surface area contributed by atoms with Crippen molar-refractivity contribution < 1.29 is 24.5 Å². The number of aliphatic hydroxyl groups excluding tert-OH is 2. The molecule has 0 aromatic rings. The number of amides is 1. The van der Waals surface area contributed by atoms with Crippen molar-refractivity contribution >= 4 is 11.9 Å². The number of carbonyl (C=O) groups is 2. The van der Waals surface area contributed by atoms with Crippen LogP contribution in [0.1, 0.15) is 252 Å². The number of nitrogens with one attached hydrogen (secondary N) is 1. The van der Waals surface area contributed by atoms with E-state index in [1.807, 2.05) is 0 Å². The second-order valence-corrected chi connectivity index (χ2v) is 17.6. The summed E-state index contributed by atoms with van der Waals surface area (Å²) in [5, 5.41) is 23.7. The lowest BCUT2D eigenvalue weighted by atomic mass is 10.0. The molecule has 0 aliphatic carbocycles. The Morgan fingerprint density at radius 1 is 0.492 bits per heavy atom. The molecule has 1 amide bonds. The molecule has 0 aromatic carbocycles. The number of unbranched alkanes of at least 4 members (excludes halogenated alkanes) is 27. The van der Waals surface area contributed by atoms with Gasteiger partial charge in [-0.25, -0.2) is 0 Å². The summed E-state index contributed by atoms with van der Waals surface area (Å²) < 4.78 is 5.92. The van der Waals surface area contributed by atoms with Gasteiger partial charge in [-0.1, -0.05) is 229 Å². The van der Waals surface area contributed by atoms with E-state index in [0.717, 1.165) is 83.5 Å². The maximum atomic E-state index is 13.2. The zero-order chi connectivity index (χ0) is 44.5. The number of hydrogen-bond acceptors (Lipinski definition) is 5. The van der Waals surface area contributed by atoms with Gasteiger partial charge in [0.2, 0.25) is 5.91 Å². The summed E-state index contributed by atoms with van der Waals surface area (Å²) in [7, 11) is 0. The predicted octanol–water partition coefficient (Wildman–Crippen LogP) is 15.6. The Bertz CT molecular complexity index is 1090. The zero-order valence-electron chi connectivity index (χ0n) is 40.3. The highest BCUT2D eigenvalue weighted by molar-refractivity contribution is 5.77. The average molecular weight is 854 g/mol. The third kappa shape index (κ3) is 44.0. The molecule has 6 nitrogen and oxygen atoms in total. The Balaban J connectivity index is 4.66. The summed E-state index contributed by atoms with van der Waals surface area (Å²) in [6.45, 7) is 6.34. The first kappa shape index (κ1) is 58.6. The van der Waals surface area contributed by atoms with Crippen molar-refractivity contribution in [3.05, 3.63) is 60.8 Å². The van der Waals surface area contributed by atoms with E-state index in [1.165, 1.54) is 122 Å². The minimum Gasteiger partial charge on any atom is -0.462 e. The molecule has 0 saturated heterocycles. The fraction of sp³-hybridized carbons (Fsp3) is 0.782. The van der Waals surface area contributed by atoms with Crippen LogP contribution < -0.4 is 5.32 Å². The van der Waals surface area contributed by atoms with E-state index in [2.05, 4.69) is 86.8 Å². The number of carbonyl (C=O) groups excluding carboxylic acids is 2. The fourth-order valence-electron chi connectivity index (χ4n) is 7.72. The minimum atomic E-state index is -0.797. The van der Waals surface area contributed by atoms with Crippen molar-refractivity contribution in [3.63, 3.8) is 0 Å². The van der Waals surface area contributed by atoms with E-state index in [1.54, 1.807) is 0 Å². The topological polar surface area (TPSA) is 95.9 Å². The van der Waals surface area contributed by atoms with Gasteiger partial charge in [0.25, 0.3) is 0 Å². The van der Waals surface area contributed by atoms with Gasteiger partial charge in [-0.05, 0) is 70.6 Å². The van der Waals surface area contributed by atoms with E-state index in [4.69, 9.17) is 4.74 Å². The smallest absolute Gasteiger partial charge is 0.306 e. The molecular weight excluding hydrogens is 755 g/mol. The molecule has 0 bridgehead atoms. The van der Waals surface area contributed by atoms with Crippen LogP contribution in [0.25, 0.3) is 0 Å². The van der Waals surface area contributed by atoms with Crippen molar-refractivity contribution in [2.75, 3.05) is 6.61 Å². The van der Waals surface area contributed by atoms with Crippen LogP contribution in [0.2, 0.25) is 0 Å². The quantitative estimate of drug-likeness (QED) is 0.0322. The molecule has 0 aromatic heterocycles. The Hall–Kier alpha value is -2.44. The van der Waals surface area contributed by atoms with E-state index in [9.17, 15) is 19.8 Å². The van der Waals surface area contributed by atoms with Crippen LogP contribution >= 0.6 is 0 Å². The van der Waals surface area contributed by atoms with Crippen LogP contribution in [0.4, 0.5) is 0 Å².